The van der Waals surface area contributed by atoms with Crippen molar-refractivity contribution in [2.45, 2.75) is 45.2 Å². The summed E-state index contributed by atoms with van der Waals surface area (Å²) in [7, 11) is 0. The highest BCUT2D eigenvalue weighted by Crippen LogP contribution is 2.39. The highest BCUT2D eigenvalue weighted by atomic mass is 16.5. The summed E-state index contributed by atoms with van der Waals surface area (Å²) in [5.41, 5.74) is 5.63. The molecule has 1 aliphatic heterocycles. The number of ether oxygens (including phenoxy) is 1. The summed E-state index contributed by atoms with van der Waals surface area (Å²) in [6, 6.07) is 0.591. The SMILES string of the molecule is CCOC(=O)C(N)(CN1CCN(C(C)C)CC1)C1CC1. The molecule has 1 unspecified atom stereocenters. The zero-order valence-electron chi connectivity index (χ0n) is 13.1. The predicted molar refractivity (Wildman–Crippen MR) is 79.4 cm³/mol. The van der Waals surface area contributed by atoms with E-state index in [1.54, 1.807) is 0 Å². The second-order valence-corrected chi connectivity index (χ2v) is 6.44. The molecule has 0 aromatic carbocycles. The number of piperazine rings is 1. The topological polar surface area (TPSA) is 58.8 Å². The number of carbonyl (C=O) groups excluding carboxylic acids is 1. The molecule has 2 N–H and O–H groups in total. The highest BCUT2D eigenvalue weighted by Gasteiger charge is 2.50. The average Bonchev–Trinajstić information content (AvgIpc) is 3.24. The van der Waals surface area contributed by atoms with Crippen LogP contribution in [0.15, 0.2) is 0 Å². The van der Waals surface area contributed by atoms with E-state index in [9.17, 15) is 4.79 Å². The molecule has 0 bridgehead atoms. The molecule has 0 amide bonds. The molecule has 1 saturated carbocycles. The van der Waals surface area contributed by atoms with Gasteiger partial charge < -0.3 is 10.5 Å². The van der Waals surface area contributed by atoms with Crippen LogP contribution in [0.4, 0.5) is 0 Å². The lowest BCUT2D eigenvalue weighted by molar-refractivity contribution is -0.151. The summed E-state index contributed by atoms with van der Waals surface area (Å²) in [5.74, 6) is 0.0958. The summed E-state index contributed by atoms with van der Waals surface area (Å²) in [6.45, 7) is 11.4. The van der Waals surface area contributed by atoms with Crippen molar-refractivity contribution in [3.63, 3.8) is 0 Å². The first-order valence-corrected chi connectivity index (χ1v) is 7.90. The highest BCUT2D eigenvalue weighted by molar-refractivity contribution is 5.82. The van der Waals surface area contributed by atoms with Crippen molar-refractivity contribution in [1.82, 2.24) is 9.80 Å². The van der Waals surface area contributed by atoms with Gasteiger partial charge >= 0.3 is 5.97 Å². The van der Waals surface area contributed by atoms with E-state index in [0.29, 0.717) is 25.1 Å². The Kier molecular flexibility index (Phi) is 5.04. The van der Waals surface area contributed by atoms with Crippen molar-refractivity contribution in [3.8, 4) is 0 Å². The number of nitrogens with zero attached hydrogens (tertiary/aromatic N) is 2. The van der Waals surface area contributed by atoms with Crippen LogP contribution in [0.2, 0.25) is 0 Å². The van der Waals surface area contributed by atoms with Crippen LogP contribution in [-0.4, -0.2) is 66.7 Å². The smallest absolute Gasteiger partial charge is 0.327 e. The van der Waals surface area contributed by atoms with E-state index in [1.165, 1.54) is 0 Å². The largest absolute Gasteiger partial charge is 0.465 e. The standard InChI is InChI=1S/C15H29N3O2/c1-4-20-14(19)15(16,13-5-6-13)11-17-7-9-18(10-8-17)12(2)3/h12-13H,4-11,16H2,1-3H3. The van der Waals surface area contributed by atoms with E-state index >= 15 is 0 Å². The Morgan fingerprint density at radius 3 is 2.35 bits per heavy atom. The molecule has 116 valence electrons. The van der Waals surface area contributed by atoms with Crippen molar-refractivity contribution in [3.05, 3.63) is 0 Å². The third-order valence-corrected chi connectivity index (χ3v) is 4.58. The molecule has 1 aliphatic carbocycles. The van der Waals surface area contributed by atoms with Crippen molar-refractivity contribution in [1.29, 1.82) is 0 Å². The van der Waals surface area contributed by atoms with Crippen LogP contribution in [0.3, 0.4) is 0 Å². The third-order valence-electron chi connectivity index (χ3n) is 4.58. The molecule has 1 heterocycles. The lowest BCUT2D eigenvalue weighted by Gasteiger charge is -2.40. The van der Waals surface area contributed by atoms with Gasteiger partial charge in [0.05, 0.1) is 6.61 Å². The van der Waals surface area contributed by atoms with Crippen LogP contribution in [0, 0.1) is 5.92 Å². The Balaban J connectivity index is 1.91. The van der Waals surface area contributed by atoms with Crippen molar-refractivity contribution < 1.29 is 9.53 Å². The molecule has 0 aromatic heterocycles. The lowest BCUT2D eigenvalue weighted by atomic mass is 9.93. The van der Waals surface area contributed by atoms with Gasteiger partial charge in [-0.3, -0.25) is 9.80 Å². The van der Waals surface area contributed by atoms with E-state index in [1.807, 2.05) is 6.92 Å². The number of esters is 1. The normalized spacial score (nSPS) is 24.6. The van der Waals surface area contributed by atoms with E-state index < -0.39 is 5.54 Å². The molecule has 2 fully saturated rings. The third kappa shape index (κ3) is 3.51. The molecule has 1 saturated heterocycles. The minimum Gasteiger partial charge on any atom is -0.465 e. The Labute approximate surface area is 122 Å². The maximum atomic E-state index is 12.2. The summed E-state index contributed by atoms with van der Waals surface area (Å²) < 4.78 is 5.21. The molecule has 0 aromatic rings. The van der Waals surface area contributed by atoms with Crippen LogP contribution in [0.5, 0.6) is 0 Å². The summed E-state index contributed by atoms with van der Waals surface area (Å²) in [6.07, 6.45) is 2.11. The van der Waals surface area contributed by atoms with Gasteiger partial charge in [0.1, 0.15) is 5.54 Å². The van der Waals surface area contributed by atoms with Gasteiger partial charge in [0, 0.05) is 38.8 Å². The van der Waals surface area contributed by atoms with Crippen LogP contribution < -0.4 is 5.73 Å². The number of nitrogens with two attached hydrogens (primary N) is 1. The Bertz CT molecular complexity index is 336. The zero-order chi connectivity index (χ0) is 14.8. The van der Waals surface area contributed by atoms with E-state index in [4.69, 9.17) is 10.5 Å². The second kappa shape index (κ2) is 6.41. The minimum atomic E-state index is -0.796. The molecule has 5 heteroatoms. The molecule has 2 rings (SSSR count). The van der Waals surface area contributed by atoms with Gasteiger partial charge in [-0.05, 0) is 39.5 Å². The lowest BCUT2D eigenvalue weighted by Crippen LogP contribution is -2.61. The fourth-order valence-corrected chi connectivity index (χ4v) is 3.03. The molecular formula is C15H29N3O2. The molecular weight excluding hydrogens is 254 g/mol. The minimum absolute atomic E-state index is 0.214. The molecule has 20 heavy (non-hydrogen) atoms. The Morgan fingerprint density at radius 1 is 1.30 bits per heavy atom. The Morgan fingerprint density at radius 2 is 1.90 bits per heavy atom. The first kappa shape index (κ1) is 15.7. The average molecular weight is 283 g/mol. The van der Waals surface area contributed by atoms with Gasteiger partial charge in [-0.25, -0.2) is 4.79 Å². The number of carbonyl (C=O) groups is 1. The predicted octanol–water partition coefficient (Wildman–Crippen LogP) is 0.683. The van der Waals surface area contributed by atoms with Gasteiger partial charge in [-0.2, -0.15) is 0 Å². The summed E-state index contributed by atoms with van der Waals surface area (Å²) in [4.78, 5) is 17.0. The van der Waals surface area contributed by atoms with Crippen molar-refractivity contribution in [2.24, 2.45) is 11.7 Å². The summed E-state index contributed by atoms with van der Waals surface area (Å²) in [5, 5.41) is 0. The number of hydrogen-bond donors (Lipinski definition) is 1. The van der Waals surface area contributed by atoms with E-state index in [0.717, 1.165) is 39.0 Å². The quantitative estimate of drug-likeness (QED) is 0.727. The van der Waals surface area contributed by atoms with E-state index in [2.05, 4.69) is 23.6 Å². The zero-order valence-corrected chi connectivity index (χ0v) is 13.1. The number of rotatable bonds is 6. The van der Waals surface area contributed by atoms with E-state index in [-0.39, 0.29) is 5.97 Å². The maximum absolute atomic E-state index is 12.2. The molecule has 0 radical (unpaired) electrons. The first-order chi connectivity index (χ1) is 9.47. The summed E-state index contributed by atoms with van der Waals surface area (Å²) >= 11 is 0. The van der Waals surface area contributed by atoms with Crippen molar-refractivity contribution >= 4 is 5.97 Å². The van der Waals surface area contributed by atoms with Crippen molar-refractivity contribution in [2.75, 3.05) is 39.3 Å². The molecule has 1 atom stereocenters. The second-order valence-electron chi connectivity index (χ2n) is 6.44. The number of hydrogen-bond acceptors (Lipinski definition) is 5. The van der Waals surface area contributed by atoms with Gasteiger partial charge in [0.2, 0.25) is 0 Å². The van der Waals surface area contributed by atoms with Gasteiger partial charge in [0.15, 0.2) is 0 Å². The van der Waals surface area contributed by atoms with Crippen LogP contribution in [0.25, 0.3) is 0 Å². The first-order valence-electron chi connectivity index (χ1n) is 7.90. The van der Waals surface area contributed by atoms with Gasteiger partial charge in [0.25, 0.3) is 0 Å². The molecule has 5 nitrogen and oxygen atoms in total. The van der Waals surface area contributed by atoms with Gasteiger partial charge in [-0.1, -0.05) is 0 Å². The van der Waals surface area contributed by atoms with Crippen LogP contribution in [-0.2, 0) is 9.53 Å². The van der Waals surface area contributed by atoms with Gasteiger partial charge in [-0.15, -0.1) is 0 Å². The molecule has 2 aliphatic rings. The Hall–Kier alpha value is -0.650. The monoisotopic (exact) mass is 283 g/mol. The van der Waals surface area contributed by atoms with Crippen LogP contribution >= 0.6 is 0 Å². The maximum Gasteiger partial charge on any atom is 0.327 e. The fraction of sp³-hybridized carbons (Fsp3) is 0.933. The van der Waals surface area contributed by atoms with Crippen LogP contribution in [0.1, 0.15) is 33.6 Å². The fourth-order valence-electron chi connectivity index (χ4n) is 3.03. The molecule has 0 spiro atoms.